The summed E-state index contributed by atoms with van der Waals surface area (Å²) >= 11 is 0. The van der Waals surface area contributed by atoms with Crippen molar-refractivity contribution in [2.45, 2.75) is 38.1 Å². The van der Waals surface area contributed by atoms with Gasteiger partial charge in [0.15, 0.2) is 0 Å². The summed E-state index contributed by atoms with van der Waals surface area (Å²) in [5.41, 5.74) is 0. The number of aliphatic hydroxyl groups is 1. The van der Waals surface area contributed by atoms with E-state index in [0.29, 0.717) is 12.8 Å². The Morgan fingerprint density at radius 1 is 1.59 bits per heavy atom. The average molecular weight is 238 g/mol. The van der Waals surface area contributed by atoms with Gasteiger partial charge in [-0.3, -0.25) is 9.89 Å². The topological polar surface area (TPSA) is 82.1 Å². The van der Waals surface area contributed by atoms with E-state index in [4.69, 9.17) is 0 Å². The molecular formula is C11H18N4O2. The molecule has 1 saturated heterocycles. The number of amides is 1. The van der Waals surface area contributed by atoms with Crippen LogP contribution in [-0.2, 0) is 11.2 Å². The molecule has 1 amide bonds. The Bertz CT molecular complexity index is 352. The van der Waals surface area contributed by atoms with Gasteiger partial charge in [-0.05, 0) is 19.3 Å². The summed E-state index contributed by atoms with van der Waals surface area (Å²) in [5, 5.41) is 15.7. The third-order valence-electron chi connectivity index (χ3n) is 3.20. The molecule has 0 aliphatic carbocycles. The van der Waals surface area contributed by atoms with E-state index >= 15 is 0 Å². The Balaban J connectivity index is 1.85. The van der Waals surface area contributed by atoms with Crippen molar-refractivity contribution >= 4 is 5.91 Å². The highest BCUT2D eigenvalue weighted by atomic mass is 16.3. The quantitative estimate of drug-likeness (QED) is 0.780. The van der Waals surface area contributed by atoms with Gasteiger partial charge in [0, 0.05) is 19.4 Å². The number of aromatic nitrogens is 3. The van der Waals surface area contributed by atoms with Gasteiger partial charge in [-0.25, -0.2) is 4.98 Å². The molecule has 2 heterocycles. The summed E-state index contributed by atoms with van der Waals surface area (Å²) in [6, 6.07) is 0.00553. The summed E-state index contributed by atoms with van der Waals surface area (Å²) in [5.74, 6) is 0.830. The van der Waals surface area contributed by atoms with Crippen LogP contribution in [0.3, 0.4) is 0 Å². The largest absolute Gasteiger partial charge is 0.394 e. The van der Waals surface area contributed by atoms with Crippen LogP contribution in [0.5, 0.6) is 0 Å². The second kappa shape index (κ2) is 5.77. The Labute approximate surface area is 100 Å². The molecule has 1 unspecified atom stereocenters. The van der Waals surface area contributed by atoms with E-state index in [9.17, 15) is 9.90 Å². The minimum Gasteiger partial charge on any atom is -0.394 e. The van der Waals surface area contributed by atoms with Crippen molar-refractivity contribution in [3.63, 3.8) is 0 Å². The van der Waals surface area contributed by atoms with Gasteiger partial charge in [-0.1, -0.05) is 0 Å². The molecule has 0 spiro atoms. The zero-order valence-corrected chi connectivity index (χ0v) is 9.80. The molecule has 0 saturated carbocycles. The van der Waals surface area contributed by atoms with Gasteiger partial charge < -0.3 is 10.0 Å². The molecule has 0 radical (unpaired) electrons. The van der Waals surface area contributed by atoms with Gasteiger partial charge >= 0.3 is 0 Å². The van der Waals surface area contributed by atoms with E-state index in [2.05, 4.69) is 15.2 Å². The smallest absolute Gasteiger partial charge is 0.223 e. The molecule has 1 atom stereocenters. The maximum Gasteiger partial charge on any atom is 0.223 e. The Kier molecular flexibility index (Phi) is 4.08. The molecule has 6 heteroatoms. The second-order valence-corrected chi connectivity index (χ2v) is 4.35. The number of carbonyl (C=O) groups is 1. The van der Waals surface area contributed by atoms with Gasteiger partial charge in [0.1, 0.15) is 12.2 Å². The molecule has 2 rings (SSSR count). The molecular weight excluding hydrogens is 220 g/mol. The molecule has 1 aliphatic rings. The number of rotatable bonds is 4. The first kappa shape index (κ1) is 12.0. The second-order valence-electron chi connectivity index (χ2n) is 4.35. The van der Waals surface area contributed by atoms with Gasteiger partial charge in [-0.2, -0.15) is 5.10 Å². The lowest BCUT2D eigenvalue weighted by atomic mass is 10.0. The number of carbonyl (C=O) groups excluding carboxylic acids is 1. The number of nitrogens with one attached hydrogen (secondary N) is 1. The lowest BCUT2D eigenvalue weighted by molar-refractivity contribution is -0.135. The molecule has 94 valence electrons. The molecule has 2 N–H and O–H groups in total. The van der Waals surface area contributed by atoms with Gasteiger partial charge in [0.05, 0.1) is 12.6 Å². The number of aliphatic hydroxyl groups excluding tert-OH is 1. The average Bonchev–Trinajstić information content (AvgIpc) is 2.89. The van der Waals surface area contributed by atoms with E-state index in [0.717, 1.165) is 31.6 Å². The molecule has 1 fully saturated rings. The van der Waals surface area contributed by atoms with Crippen LogP contribution in [0.1, 0.15) is 31.5 Å². The number of piperidine rings is 1. The van der Waals surface area contributed by atoms with Crippen LogP contribution >= 0.6 is 0 Å². The van der Waals surface area contributed by atoms with Crippen molar-refractivity contribution in [1.29, 1.82) is 0 Å². The van der Waals surface area contributed by atoms with E-state index in [1.807, 2.05) is 0 Å². The summed E-state index contributed by atoms with van der Waals surface area (Å²) in [6.07, 6.45) is 5.47. The Morgan fingerprint density at radius 3 is 3.18 bits per heavy atom. The number of nitrogens with zero attached hydrogens (tertiary/aromatic N) is 3. The summed E-state index contributed by atoms with van der Waals surface area (Å²) in [7, 11) is 0. The highest BCUT2D eigenvalue weighted by molar-refractivity contribution is 5.76. The van der Waals surface area contributed by atoms with Crippen LogP contribution in [0, 0.1) is 0 Å². The Morgan fingerprint density at radius 2 is 2.47 bits per heavy atom. The SMILES string of the molecule is O=C(CCc1ncn[nH]1)N1CCCCC1CO. The lowest BCUT2D eigenvalue weighted by Gasteiger charge is -2.34. The molecule has 0 aromatic carbocycles. The van der Waals surface area contributed by atoms with E-state index < -0.39 is 0 Å². The predicted octanol–water partition coefficient (Wildman–Crippen LogP) is 0.111. The number of hydrogen-bond acceptors (Lipinski definition) is 4. The monoisotopic (exact) mass is 238 g/mol. The fraction of sp³-hybridized carbons (Fsp3) is 0.727. The van der Waals surface area contributed by atoms with Gasteiger partial charge in [-0.15, -0.1) is 0 Å². The first-order valence-electron chi connectivity index (χ1n) is 6.06. The van der Waals surface area contributed by atoms with Crippen molar-refractivity contribution in [3.8, 4) is 0 Å². The number of H-pyrrole nitrogens is 1. The molecule has 17 heavy (non-hydrogen) atoms. The van der Waals surface area contributed by atoms with Crippen molar-refractivity contribution < 1.29 is 9.90 Å². The minimum atomic E-state index is 0.00553. The fourth-order valence-electron chi connectivity index (χ4n) is 2.24. The third kappa shape index (κ3) is 3.03. The summed E-state index contributed by atoms with van der Waals surface area (Å²) < 4.78 is 0. The number of aromatic amines is 1. The van der Waals surface area contributed by atoms with Crippen LogP contribution in [0.4, 0.5) is 0 Å². The van der Waals surface area contributed by atoms with Crippen LogP contribution in [0.2, 0.25) is 0 Å². The highest BCUT2D eigenvalue weighted by Crippen LogP contribution is 2.17. The van der Waals surface area contributed by atoms with Crippen LogP contribution < -0.4 is 0 Å². The maximum absolute atomic E-state index is 12.0. The third-order valence-corrected chi connectivity index (χ3v) is 3.20. The van der Waals surface area contributed by atoms with Crippen molar-refractivity contribution in [3.05, 3.63) is 12.2 Å². The normalized spacial score (nSPS) is 20.5. The van der Waals surface area contributed by atoms with E-state index in [1.54, 1.807) is 4.90 Å². The standard InChI is InChI=1S/C11H18N4O2/c16-7-9-3-1-2-6-15(9)11(17)5-4-10-12-8-13-14-10/h8-9,16H,1-7H2,(H,12,13,14). The van der Waals surface area contributed by atoms with E-state index in [-0.39, 0.29) is 18.6 Å². The fourth-order valence-corrected chi connectivity index (χ4v) is 2.24. The first-order valence-corrected chi connectivity index (χ1v) is 6.06. The van der Waals surface area contributed by atoms with E-state index in [1.165, 1.54) is 6.33 Å². The van der Waals surface area contributed by atoms with Crippen LogP contribution in [0.25, 0.3) is 0 Å². The van der Waals surface area contributed by atoms with Crippen molar-refractivity contribution in [2.24, 2.45) is 0 Å². The first-order chi connectivity index (χ1) is 8.31. The summed E-state index contributed by atoms with van der Waals surface area (Å²) in [6.45, 7) is 0.828. The molecule has 1 aliphatic heterocycles. The minimum absolute atomic E-state index is 0.00553. The van der Waals surface area contributed by atoms with Gasteiger partial charge in [0.2, 0.25) is 5.91 Å². The number of hydrogen-bond donors (Lipinski definition) is 2. The zero-order chi connectivity index (χ0) is 12.1. The maximum atomic E-state index is 12.0. The van der Waals surface area contributed by atoms with Gasteiger partial charge in [0.25, 0.3) is 0 Å². The Hall–Kier alpha value is -1.43. The highest BCUT2D eigenvalue weighted by Gasteiger charge is 2.25. The van der Waals surface area contributed by atoms with Crippen LogP contribution in [-0.4, -0.2) is 50.3 Å². The molecule has 6 nitrogen and oxygen atoms in total. The van der Waals surface area contributed by atoms with Crippen molar-refractivity contribution in [2.75, 3.05) is 13.2 Å². The lowest BCUT2D eigenvalue weighted by Crippen LogP contribution is -2.45. The molecule has 1 aromatic rings. The summed E-state index contributed by atoms with van der Waals surface area (Å²) in [4.78, 5) is 17.8. The molecule has 1 aromatic heterocycles. The number of likely N-dealkylation sites (tertiary alicyclic amines) is 1. The predicted molar refractivity (Wildman–Crippen MR) is 61.1 cm³/mol. The van der Waals surface area contributed by atoms with Crippen LogP contribution in [0.15, 0.2) is 6.33 Å². The molecule has 0 bridgehead atoms. The zero-order valence-electron chi connectivity index (χ0n) is 9.80. The van der Waals surface area contributed by atoms with Crippen molar-refractivity contribution in [1.82, 2.24) is 20.1 Å². The number of aryl methyl sites for hydroxylation is 1.